The van der Waals surface area contributed by atoms with Gasteiger partial charge in [0.2, 0.25) is 18.2 Å². The predicted molar refractivity (Wildman–Crippen MR) is 87.7 cm³/mol. The number of aliphatic hydroxyl groups excluding tert-OH is 1. The zero-order chi connectivity index (χ0) is 18.8. The first kappa shape index (κ1) is 20.9. The summed E-state index contributed by atoms with van der Waals surface area (Å²) in [5, 5.41) is 26.5. The quantitative estimate of drug-likeness (QED) is 0.398. The molecule has 5 atom stereocenters. The lowest BCUT2D eigenvalue weighted by molar-refractivity contribution is -0.179. The zero-order valence-electron chi connectivity index (χ0n) is 14.5. The van der Waals surface area contributed by atoms with Crippen molar-refractivity contribution in [2.24, 2.45) is 5.92 Å². The van der Waals surface area contributed by atoms with E-state index in [9.17, 15) is 19.5 Å². The highest BCUT2D eigenvalue weighted by molar-refractivity contribution is 5.77. The smallest absolute Gasteiger partial charge is 0.222 e. The average molecular weight is 354 g/mol. The van der Waals surface area contributed by atoms with E-state index in [0.717, 1.165) is 0 Å². The molecule has 0 bridgehead atoms. The zero-order valence-corrected chi connectivity index (χ0v) is 14.5. The van der Waals surface area contributed by atoms with Gasteiger partial charge < -0.3 is 25.8 Å². The number of nitriles is 1. The standard InChI is InChI=1S/C16H26N4O5/c1-10(7-17)5-14(22)18-8-12-3-4-13(16(24)25-12)20-15(23)6-11(2)19-9-21/h9-13,16,24H,3-6,8H2,1-2H3,(H,18,22)(H,19,21)(H,20,23)/t10-,11-,12+,13+,16?/m1/s1. The lowest BCUT2D eigenvalue weighted by atomic mass is 10.0. The van der Waals surface area contributed by atoms with Crippen LogP contribution in [0.3, 0.4) is 0 Å². The summed E-state index contributed by atoms with van der Waals surface area (Å²) in [5.74, 6) is -0.875. The van der Waals surface area contributed by atoms with E-state index in [2.05, 4.69) is 16.0 Å². The van der Waals surface area contributed by atoms with Crippen LogP contribution in [-0.2, 0) is 19.1 Å². The number of nitrogens with one attached hydrogen (secondary N) is 3. The van der Waals surface area contributed by atoms with Crippen LogP contribution in [0, 0.1) is 17.2 Å². The van der Waals surface area contributed by atoms with Gasteiger partial charge in [-0.1, -0.05) is 0 Å². The summed E-state index contributed by atoms with van der Waals surface area (Å²) in [7, 11) is 0. The highest BCUT2D eigenvalue weighted by Crippen LogP contribution is 2.18. The van der Waals surface area contributed by atoms with Crippen LogP contribution in [0.4, 0.5) is 0 Å². The third kappa shape index (κ3) is 7.96. The molecule has 1 heterocycles. The Balaban J connectivity index is 2.32. The normalized spacial score (nSPS) is 25.1. The summed E-state index contributed by atoms with van der Waals surface area (Å²) in [4.78, 5) is 33.8. The van der Waals surface area contributed by atoms with E-state index in [1.54, 1.807) is 13.8 Å². The number of amides is 3. The minimum Gasteiger partial charge on any atom is -0.366 e. The SMILES string of the molecule is C[C@H](CC(=O)N[C@H]1CC[C@@H](CNC(=O)C[C@@H](C)C#N)OC1O)NC=O. The molecule has 0 radical (unpaired) electrons. The summed E-state index contributed by atoms with van der Waals surface area (Å²) >= 11 is 0. The second kappa shape index (κ2) is 10.6. The molecule has 1 rings (SSSR count). The van der Waals surface area contributed by atoms with Gasteiger partial charge in [-0.3, -0.25) is 14.4 Å². The molecule has 1 aliphatic rings. The van der Waals surface area contributed by atoms with Crippen molar-refractivity contribution in [3.05, 3.63) is 0 Å². The Bertz CT molecular complexity index is 507. The van der Waals surface area contributed by atoms with Crippen molar-refractivity contribution < 1.29 is 24.2 Å². The van der Waals surface area contributed by atoms with Gasteiger partial charge in [0.1, 0.15) is 0 Å². The van der Waals surface area contributed by atoms with Gasteiger partial charge in [0.15, 0.2) is 6.29 Å². The monoisotopic (exact) mass is 354 g/mol. The molecule has 25 heavy (non-hydrogen) atoms. The summed E-state index contributed by atoms with van der Waals surface area (Å²) < 4.78 is 5.42. The predicted octanol–water partition coefficient (Wildman–Crippen LogP) is -0.841. The van der Waals surface area contributed by atoms with E-state index < -0.39 is 12.3 Å². The number of carbonyl (C=O) groups is 3. The van der Waals surface area contributed by atoms with Crippen LogP contribution in [0.25, 0.3) is 0 Å². The molecule has 0 aromatic rings. The fraction of sp³-hybridized carbons (Fsp3) is 0.750. The molecule has 9 heteroatoms. The number of rotatable bonds is 9. The van der Waals surface area contributed by atoms with Crippen molar-refractivity contribution in [3.63, 3.8) is 0 Å². The number of aliphatic hydroxyl groups is 1. The van der Waals surface area contributed by atoms with Gasteiger partial charge in [-0.25, -0.2) is 0 Å². The van der Waals surface area contributed by atoms with Crippen LogP contribution in [-0.4, -0.2) is 54.4 Å². The van der Waals surface area contributed by atoms with Crippen LogP contribution in [0.5, 0.6) is 0 Å². The molecule has 1 unspecified atom stereocenters. The maximum absolute atomic E-state index is 11.9. The van der Waals surface area contributed by atoms with Crippen molar-refractivity contribution in [1.82, 2.24) is 16.0 Å². The summed E-state index contributed by atoms with van der Waals surface area (Å²) in [6.45, 7) is 3.61. The first-order valence-electron chi connectivity index (χ1n) is 8.34. The van der Waals surface area contributed by atoms with Crippen molar-refractivity contribution in [3.8, 4) is 6.07 Å². The van der Waals surface area contributed by atoms with E-state index in [4.69, 9.17) is 10.00 Å². The molecule has 1 aliphatic heterocycles. The number of nitrogens with zero attached hydrogens (tertiary/aromatic N) is 1. The number of hydrogen-bond donors (Lipinski definition) is 4. The van der Waals surface area contributed by atoms with E-state index in [1.165, 1.54) is 0 Å². The largest absolute Gasteiger partial charge is 0.366 e. The van der Waals surface area contributed by atoms with Gasteiger partial charge in [-0.15, -0.1) is 0 Å². The molecule has 0 spiro atoms. The molecule has 0 aromatic heterocycles. The molecule has 0 saturated carbocycles. The third-order valence-corrected chi connectivity index (χ3v) is 3.91. The highest BCUT2D eigenvalue weighted by atomic mass is 16.6. The Labute approximate surface area is 147 Å². The van der Waals surface area contributed by atoms with Crippen molar-refractivity contribution in [2.75, 3.05) is 6.54 Å². The van der Waals surface area contributed by atoms with Gasteiger partial charge in [-0.2, -0.15) is 5.26 Å². The Hall–Kier alpha value is -2.18. The summed E-state index contributed by atoms with van der Waals surface area (Å²) in [5.41, 5.74) is 0. The van der Waals surface area contributed by atoms with Crippen LogP contribution < -0.4 is 16.0 Å². The van der Waals surface area contributed by atoms with Crippen LogP contribution >= 0.6 is 0 Å². The van der Waals surface area contributed by atoms with Crippen LogP contribution in [0.1, 0.15) is 39.5 Å². The lowest BCUT2D eigenvalue weighted by Gasteiger charge is -2.34. The minimum absolute atomic E-state index is 0.110. The molecule has 9 nitrogen and oxygen atoms in total. The molecular weight excluding hydrogens is 328 g/mol. The van der Waals surface area contributed by atoms with E-state index in [1.807, 2.05) is 6.07 Å². The molecule has 0 aromatic carbocycles. The van der Waals surface area contributed by atoms with Gasteiger partial charge in [0.05, 0.1) is 24.1 Å². The van der Waals surface area contributed by atoms with Crippen molar-refractivity contribution >= 4 is 18.2 Å². The Morgan fingerprint density at radius 1 is 1.32 bits per heavy atom. The third-order valence-electron chi connectivity index (χ3n) is 3.91. The minimum atomic E-state index is -1.16. The Morgan fingerprint density at radius 2 is 2.04 bits per heavy atom. The molecule has 140 valence electrons. The second-order valence-electron chi connectivity index (χ2n) is 6.33. The Morgan fingerprint density at radius 3 is 2.64 bits per heavy atom. The number of carbonyl (C=O) groups excluding carboxylic acids is 3. The fourth-order valence-corrected chi connectivity index (χ4v) is 2.50. The summed E-state index contributed by atoms with van der Waals surface area (Å²) in [6, 6.07) is 1.17. The second-order valence-corrected chi connectivity index (χ2v) is 6.33. The van der Waals surface area contributed by atoms with Gasteiger partial charge in [0, 0.05) is 25.4 Å². The average Bonchev–Trinajstić information content (AvgIpc) is 2.55. The van der Waals surface area contributed by atoms with Crippen molar-refractivity contribution in [1.29, 1.82) is 5.26 Å². The highest BCUT2D eigenvalue weighted by Gasteiger charge is 2.31. The van der Waals surface area contributed by atoms with Gasteiger partial charge in [-0.05, 0) is 26.7 Å². The van der Waals surface area contributed by atoms with E-state index in [-0.39, 0.29) is 49.3 Å². The molecule has 1 saturated heterocycles. The van der Waals surface area contributed by atoms with Crippen LogP contribution in [0.15, 0.2) is 0 Å². The van der Waals surface area contributed by atoms with Gasteiger partial charge >= 0.3 is 0 Å². The fourth-order valence-electron chi connectivity index (χ4n) is 2.50. The first-order valence-corrected chi connectivity index (χ1v) is 8.34. The van der Waals surface area contributed by atoms with Crippen LogP contribution in [0.2, 0.25) is 0 Å². The summed E-state index contributed by atoms with van der Waals surface area (Å²) in [6.07, 6.45) is 0.338. The topological polar surface area (TPSA) is 141 Å². The molecule has 1 fully saturated rings. The molecule has 4 N–H and O–H groups in total. The number of ether oxygens (including phenoxy) is 1. The first-order chi connectivity index (χ1) is 11.8. The molecule has 3 amide bonds. The van der Waals surface area contributed by atoms with E-state index in [0.29, 0.717) is 19.3 Å². The van der Waals surface area contributed by atoms with Gasteiger partial charge in [0.25, 0.3) is 0 Å². The maximum Gasteiger partial charge on any atom is 0.222 e. The molecular formula is C16H26N4O5. The Kier molecular flexibility index (Phi) is 8.88. The van der Waals surface area contributed by atoms with Crippen molar-refractivity contribution in [2.45, 2.75) is 64.0 Å². The lowest BCUT2D eigenvalue weighted by Crippen LogP contribution is -2.52. The maximum atomic E-state index is 11.9. The molecule has 0 aliphatic carbocycles. The van der Waals surface area contributed by atoms with E-state index >= 15 is 0 Å². The number of hydrogen-bond acceptors (Lipinski definition) is 6.